The molecule has 3 rings (SSSR count). The van der Waals surface area contributed by atoms with Crippen LogP contribution in [0.25, 0.3) is 11.5 Å². The Hall–Kier alpha value is -3.24. The molecule has 1 N–H and O–H groups in total. The minimum atomic E-state index is -3.63. The average Bonchev–Trinajstić information content (AvgIpc) is 3.33. The van der Waals surface area contributed by atoms with Crippen LogP contribution in [0.2, 0.25) is 0 Å². The third-order valence-corrected chi connectivity index (χ3v) is 7.25. The molecule has 3 aromatic rings. The third kappa shape index (κ3) is 6.89. The maximum Gasteiger partial charge on any atom is 0.322 e. The van der Waals surface area contributed by atoms with Crippen LogP contribution < -0.4 is 10.1 Å². The zero-order valence-corrected chi connectivity index (χ0v) is 21.2. The quantitative estimate of drug-likeness (QED) is 0.352. The molecule has 0 aliphatic heterocycles. The minimum absolute atomic E-state index is 0.0547. The predicted octanol–water partition coefficient (Wildman–Crippen LogP) is 4.98. The molecule has 9 nitrogen and oxygen atoms in total. The number of benzene rings is 2. The molecule has 0 aliphatic carbocycles. The van der Waals surface area contributed by atoms with Crippen molar-refractivity contribution < 1.29 is 22.4 Å². The van der Waals surface area contributed by atoms with Gasteiger partial charge in [0.05, 0.1) is 11.5 Å². The first-order valence-corrected chi connectivity index (χ1v) is 13.3. The monoisotopic (exact) mass is 500 g/mol. The van der Waals surface area contributed by atoms with Gasteiger partial charge in [0.25, 0.3) is 5.91 Å². The number of carbonyl (C=O) groups is 1. The first-order chi connectivity index (χ1) is 16.9. The fraction of sp³-hybridized carbons (Fsp3) is 0.400. The van der Waals surface area contributed by atoms with Crippen LogP contribution in [-0.4, -0.2) is 48.5 Å². The van der Waals surface area contributed by atoms with Crippen molar-refractivity contribution in [3.05, 3.63) is 54.1 Å². The largest absolute Gasteiger partial charge is 0.494 e. The molecule has 10 heteroatoms. The second kappa shape index (κ2) is 12.5. The molecular weight excluding hydrogens is 468 g/mol. The normalized spacial score (nSPS) is 11.5. The first kappa shape index (κ1) is 26.4. The lowest BCUT2D eigenvalue weighted by Crippen LogP contribution is -2.33. The minimum Gasteiger partial charge on any atom is -0.494 e. The summed E-state index contributed by atoms with van der Waals surface area (Å²) in [7, 11) is -3.63. The summed E-state index contributed by atoms with van der Waals surface area (Å²) >= 11 is 0. The smallest absolute Gasteiger partial charge is 0.322 e. The number of unbranched alkanes of at least 4 members (excludes halogenated alkanes) is 2. The van der Waals surface area contributed by atoms with Gasteiger partial charge < -0.3 is 9.15 Å². The topological polar surface area (TPSA) is 115 Å². The van der Waals surface area contributed by atoms with Crippen LogP contribution in [0.4, 0.5) is 6.01 Å². The number of anilines is 1. The number of sulfonamides is 1. The number of amides is 1. The number of aromatic nitrogens is 2. The molecule has 0 radical (unpaired) electrons. The number of carbonyl (C=O) groups excluding carboxylic acids is 1. The van der Waals surface area contributed by atoms with Crippen LogP contribution in [-0.2, 0) is 10.0 Å². The molecule has 0 bridgehead atoms. The summed E-state index contributed by atoms with van der Waals surface area (Å²) in [6.45, 7) is 7.50. The van der Waals surface area contributed by atoms with Crippen LogP contribution in [0, 0.1) is 0 Å². The average molecular weight is 501 g/mol. The van der Waals surface area contributed by atoms with Gasteiger partial charge in [0.15, 0.2) is 0 Å². The van der Waals surface area contributed by atoms with E-state index in [0.717, 1.165) is 31.4 Å². The van der Waals surface area contributed by atoms with E-state index in [1.807, 2.05) is 20.8 Å². The van der Waals surface area contributed by atoms with Crippen LogP contribution in [0.1, 0.15) is 56.8 Å². The molecule has 35 heavy (non-hydrogen) atoms. The Morgan fingerprint density at radius 1 is 0.943 bits per heavy atom. The van der Waals surface area contributed by atoms with Crippen LogP contribution >= 0.6 is 0 Å². The first-order valence-electron chi connectivity index (χ1n) is 11.9. The highest BCUT2D eigenvalue weighted by molar-refractivity contribution is 7.89. The summed E-state index contributed by atoms with van der Waals surface area (Å²) in [6, 6.07) is 13.0. The summed E-state index contributed by atoms with van der Waals surface area (Å²) in [6.07, 6.45) is 3.42. The number of ether oxygens (including phenoxy) is 1. The molecule has 0 saturated carbocycles. The molecule has 2 aromatic carbocycles. The van der Waals surface area contributed by atoms with Gasteiger partial charge in [-0.25, -0.2) is 8.42 Å². The van der Waals surface area contributed by atoms with Gasteiger partial charge in [-0.05, 0) is 68.3 Å². The lowest BCUT2D eigenvalue weighted by atomic mass is 10.2. The molecule has 0 atom stereocenters. The van der Waals surface area contributed by atoms with E-state index < -0.39 is 15.9 Å². The molecule has 188 valence electrons. The van der Waals surface area contributed by atoms with Crippen molar-refractivity contribution in [2.75, 3.05) is 25.0 Å². The van der Waals surface area contributed by atoms with E-state index in [2.05, 4.69) is 15.5 Å². The van der Waals surface area contributed by atoms with Gasteiger partial charge in [-0.2, -0.15) is 4.31 Å². The molecule has 0 unspecified atom stereocenters. The summed E-state index contributed by atoms with van der Waals surface area (Å²) in [4.78, 5) is 12.8. The molecule has 0 aliphatic rings. The number of hydrogen-bond acceptors (Lipinski definition) is 7. The van der Waals surface area contributed by atoms with Gasteiger partial charge >= 0.3 is 6.01 Å². The summed E-state index contributed by atoms with van der Waals surface area (Å²) in [5.41, 5.74) is 0.963. The SMILES string of the molecule is CCCCN(CCCC)S(=O)(=O)c1ccc(C(=O)Nc2nnc(-c3ccc(OCC)cc3)o2)cc1. The molecule has 1 heterocycles. The molecule has 1 aromatic heterocycles. The van der Waals surface area contributed by atoms with Gasteiger partial charge in [-0.3, -0.25) is 10.1 Å². The van der Waals surface area contributed by atoms with Gasteiger partial charge in [0.1, 0.15) is 5.75 Å². The number of rotatable bonds is 13. The van der Waals surface area contributed by atoms with Crippen molar-refractivity contribution in [1.82, 2.24) is 14.5 Å². The highest BCUT2D eigenvalue weighted by Crippen LogP contribution is 2.23. The fourth-order valence-electron chi connectivity index (χ4n) is 3.37. The third-order valence-electron chi connectivity index (χ3n) is 5.33. The van der Waals surface area contributed by atoms with Crippen molar-refractivity contribution >= 4 is 21.9 Å². The Morgan fingerprint density at radius 2 is 1.57 bits per heavy atom. The van der Waals surface area contributed by atoms with Gasteiger partial charge in [0.2, 0.25) is 15.9 Å². The van der Waals surface area contributed by atoms with E-state index in [0.29, 0.717) is 25.3 Å². The lowest BCUT2D eigenvalue weighted by Gasteiger charge is -2.22. The Balaban J connectivity index is 1.68. The zero-order chi connectivity index (χ0) is 25.3. The predicted molar refractivity (Wildman–Crippen MR) is 134 cm³/mol. The number of nitrogens with zero attached hydrogens (tertiary/aromatic N) is 3. The van der Waals surface area contributed by atoms with Crippen molar-refractivity contribution in [2.24, 2.45) is 0 Å². The molecule has 0 spiro atoms. The van der Waals surface area contributed by atoms with Crippen molar-refractivity contribution in [2.45, 2.75) is 51.3 Å². The highest BCUT2D eigenvalue weighted by atomic mass is 32.2. The Morgan fingerprint density at radius 3 is 2.14 bits per heavy atom. The maximum atomic E-state index is 13.1. The van der Waals surface area contributed by atoms with E-state index in [-0.39, 0.29) is 22.4 Å². The summed E-state index contributed by atoms with van der Waals surface area (Å²) in [5.74, 6) is 0.502. The van der Waals surface area contributed by atoms with Crippen LogP contribution in [0.15, 0.2) is 57.8 Å². The van der Waals surface area contributed by atoms with Gasteiger partial charge in [-0.15, -0.1) is 5.10 Å². The Labute approximate surface area is 206 Å². The lowest BCUT2D eigenvalue weighted by molar-refractivity contribution is 0.102. The van der Waals surface area contributed by atoms with Gasteiger partial charge in [0, 0.05) is 24.2 Å². The fourth-order valence-corrected chi connectivity index (χ4v) is 4.89. The Kier molecular flexibility index (Phi) is 9.39. The molecule has 1 amide bonds. The van der Waals surface area contributed by atoms with E-state index in [1.165, 1.54) is 28.6 Å². The summed E-state index contributed by atoms with van der Waals surface area (Å²) < 4.78 is 38.7. The summed E-state index contributed by atoms with van der Waals surface area (Å²) in [5, 5.41) is 10.4. The van der Waals surface area contributed by atoms with Crippen molar-refractivity contribution in [3.8, 4) is 17.2 Å². The van der Waals surface area contributed by atoms with Crippen LogP contribution in [0.3, 0.4) is 0 Å². The van der Waals surface area contributed by atoms with E-state index in [1.54, 1.807) is 24.3 Å². The highest BCUT2D eigenvalue weighted by Gasteiger charge is 2.24. The van der Waals surface area contributed by atoms with E-state index in [9.17, 15) is 13.2 Å². The van der Waals surface area contributed by atoms with Crippen molar-refractivity contribution in [3.63, 3.8) is 0 Å². The molecule has 0 saturated heterocycles. The molecular formula is C25H32N4O5S. The Bertz CT molecular complexity index is 1180. The van der Waals surface area contributed by atoms with Crippen molar-refractivity contribution in [1.29, 1.82) is 0 Å². The molecule has 0 fully saturated rings. The van der Waals surface area contributed by atoms with Gasteiger partial charge in [-0.1, -0.05) is 31.8 Å². The maximum absolute atomic E-state index is 13.1. The second-order valence-corrected chi connectivity index (χ2v) is 9.90. The zero-order valence-electron chi connectivity index (χ0n) is 20.4. The number of hydrogen-bond donors (Lipinski definition) is 1. The second-order valence-electron chi connectivity index (χ2n) is 7.96. The standard InChI is InChI=1S/C25H32N4O5S/c1-4-7-17-29(18-8-5-2)35(31,32)22-15-11-19(12-16-22)23(30)26-25-28-27-24(34-25)20-9-13-21(14-10-20)33-6-3/h9-16H,4-8,17-18H2,1-3H3,(H,26,28,30). The van der Waals surface area contributed by atoms with E-state index in [4.69, 9.17) is 9.15 Å². The van der Waals surface area contributed by atoms with Crippen LogP contribution in [0.5, 0.6) is 5.75 Å². The number of nitrogens with one attached hydrogen (secondary N) is 1. The van der Waals surface area contributed by atoms with E-state index >= 15 is 0 Å².